The second-order valence-electron chi connectivity index (χ2n) is 4.02. The van der Waals surface area contributed by atoms with Crippen molar-refractivity contribution in [1.29, 1.82) is 0 Å². The summed E-state index contributed by atoms with van der Waals surface area (Å²) in [6.45, 7) is 0. The van der Waals surface area contributed by atoms with Gasteiger partial charge in [-0.3, -0.25) is 9.59 Å². The lowest BCUT2D eigenvalue weighted by Crippen LogP contribution is -2.45. The SMILES string of the molecule is O=C(O)[C@@H]1[C@H](C(=O)O)[C@H]2C=C[C@H]1CC2. The van der Waals surface area contributed by atoms with Gasteiger partial charge in [-0.2, -0.15) is 0 Å². The second kappa shape index (κ2) is 3.12. The highest BCUT2D eigenvalue weighted by molar-refractivity contribution is 5.81. The Kier molecular flexibility index (Phi) is 2.06. The minimum atomic E-state index is -0.976. The molecule has 0 amide bonds. The molecule has 1 saturated carbocycles. The van der Waals surface area contributed by atoms with E-state index in [1.165, 1.54) is 0 Å². The Morgan fingerprint density at radius 3 is 1.50 bits per heavy atom. The van der Waals surface area contributed by atoms with E-state index in [-0.39, 0.29) is 11.8 Å². The molecule has 2 N–H and O–H groups in total. The fourth-order valence-electron chi connectivity index (χ4n) is 2.67. The first kappa shape index (κ1) is 9.24. The smallest absolute Gasteiger partial charge is 0.307 e. The average Bonchev–Trinajstić information content (AvgIpc) is 2.17. The number of hydrogen-bond donors (Lipinski definition) is 2. The van der Waals surface area contributed by atoms with E-state index >= 15 is 0 Å². The lowest BCUT2D eigenvalue weighted by molar-refractivity contribution is -0.160. The van der Waals surface area contributed by atoms with Gasteiger partial charge in [0.2, 0.25) is 0 Å². The van der Waals surface area contributed by atoms with Crippen molar-refractivity contribution in [3.63, 3.8) is 0 Å². The minimum absolute atomic E-state index is 0.0846. The van der Waals surface area contributed by atoms with Gasteiger partial charge in [0.1, 0.15) is 0 Å². The third kappa shape index (κ3) is 1.22. The van der Waals surface area contributed by atoms with Gasteiger partial charge in [-0.15, -0.1) is 0 Å². The van der Waals surface area contributed by atoms with Crippen molar-refractivity contribution in [3.8, 4) is 0 Å². The number of carbonyl (C=O) groups is 2. The highest BCUT2D eigenvalue weighted by Gasteiger charge is 2.48. The second-order valence-corrected chi connectivity index (χ2v) is 4.02. The van der Waals surface area contributed by atoms with Crippen LogP contribution in [0.15, 0.2) is 12.2 Å². The Morgan fingerprint density at radius 1 is 0.929 bits per heavy atom. The molecule has 0 radical (unpaired) electrons. The molecule has 4 nitrogen and oxygen atoms in total. The van der Waals surface area contributed by atoms with Gasteiger partial charge in [-0.25, -0.2) is 0 Å². The largest absolute Gasteiger partial charge is 0.481 e. The van der Waals surface area contributed by atoms with Crippen LogP contribution in [0.2, 0.25) is 0 Å². The van der Waals surface area contributed by atoms with E-state index in [2.05, 4.69) is 0 Å². The molecule has 3 aliphatic rings. The van der Waals surface area contributed by atoms with Gasteiger partial charge in [-0.1, -0.05) is 12.2 Å². The zero-order chi connectivity index (χ0) is 10.3. The van der Waals surface area contributed by atoms with Crippen LogP contribution in [0.3, 0.4) is 0 Å². The van der Waals surface area contributed by atoms with Crippen LogP contribution in [0.4, 0.5) is 0 Å². The summed E-state index contributed by atoms with van der Waals surface area (Å²) in [6.07, 6.45) is 5.35. The molecule has 3 aliphatic carbocycles. The van der Waals surface area contributed by atoms with Gasteiger partial charge in [0.05, 0.1) is 11.8 Å². The molecule has 0 aliphatic heterocycles. The molecule has 0 aromatic heterocycles. The van der Waals surface area contributed by atoms with E-state index in [4.69, 9.17) is 10.2 Å². The minimum Gasteiger partial charge on any atom is -0.481 e. The van der Waals surface area contributed by atoms with Gasteiger partial charge in [0, 0.05) is 0 Å². The lowest BCUT2D eigenvalue weighted by Gasteiger charge is -2.40. The molecule has 2 bridgehead atoms. The Morgan fingerprint density at radius 2 is 1.29 bits per heavy atom. The molecule has 76 valence electrons. The first-order valence-electron chi connectivity index (χ1n) is 4.75. The van der Waals surface area contributed by atoms with Crippen molar-refractivity contribution in [3.05, 3.63) is 12.2 Å². The van der Waals surface area contributed by atoms with Crippen LogP contribution < -0.4 is 0 Å². The normalized spacial score (nSPS) is 39.7. The maximum atomic E-state index is 11.0. The van der Waals surface area contributed by atoms with E-state index in [9.17, 15) is 9.59 Å². The molecular weight excluding hydrogens is 184 g/mol. The number of carboxylic acid groups (broad SMARTS) is 2. The quantitative estimate of drug-likeness (QED) is 0.646. The molecule has 0 spiro atoms. The van der Waals surface area contributed by atoms with E-state index in [1.807, 2.05) is 12.2 Å². The molecule has 0 unspecified atom stereocenters. The van der Waals surface area contributed by atoms with Crippen LogP contribution in [0.25, 0.3) is 0 Å². The Bertz CT molecular complexity index is 277. The first-order chi connectivity index (χ1) is 6.61. The summed E-state index contributed by atoms with van der Waals surface area (Å²) in [6, 6.07) is 0. The van der Waals surface area contributed by atoms with Crippen molar-refractivity contribution in [2.24, 2.45) is 23.7 Å². The number of allylic oxidation sites excluding steroid dienone is 2. The summed E-state index contributed by atoms with van der Waals surface area (Å²) in [7, 11) is 0. The molecule has 14 heavy (non-hydrogen) atoms. The first-order valence-corrected chi connectivity index (χ1v) is 4.75. The molecule has 0 aromatic rings. The summed E-state index contributed by atoms with van der Waals surface area (Å²) >= 11 is 0. The van der Waals surface area contributed by atoms with Gasteiger partial charge >= 0.3 is 11.9 Å². The number of rotatable bonds is 2. The van der Waals surface area contributed by atoms with E-state index < -0.39 is 23.8 Å². The summed E-state index contributed by atoms with van der Waals surface area (Å²) in [5.41, 5.74) is 0. The summed E-state index contributed by atoms with van der Waals surface area (Å²) in [4.78, 5) is 21.9. The van der Waals surface area contributed by atoms with Crippen LogP contribution in [0, 0.1) is 23.7 Å². The van der Waals surface area contributed by atoms with Crippen LogP contribution in [0.5, 0.6) is 0 Å². The summed E-state index contributed by atoms with van der Waals surface area (Å²) in [5.74, 6) is -3.57. The number of carboxylic acids is 2. The molecule has 0 aromatic carbocycles. The van der Waals surface area contributed by atoms with E-state index in [1.54, 1.807) is 0 Å². The van der Waals surface area contributed by atoms with E-state index in [0.717, 1.165) is 12.8 Å². The van der Waals surface area contributed by atoms with Crippen LogP contribution in [-0.2, 0) is 9.59 Å². The molecule has 4 atom stereocenters. The molecule has 0 heterocycles. The van der Waals surface area contributed by atoms with Crippen LogP contribution >= 0.6 is 0 Å². The van der Waals surface area contributed by atoms with Crippen molar-refractivity contribution in [1.82, 2.24) is 0 Å². The number of hydrogen-bond acceptors (Lipinski definition) is 2. The van der Waals surface area contributed by atoms with Gasteiger partial charge < -0.3 is 10.2 Å². The molecular formula is C10H12O4. The fraction of sp³-hybridized carbons (Fsp3) is 0.600. The van der Waals surface area contributed by atoms with Crippen molar-refractivity contribution in [2.75, 3.05) is 0 Å². The molecule has 4 heteroatoms. The van der Waals surface area contributed by atoms with Gasteiger partial charge in [-0.05, 0) is 24.7 Å². The molecule has 1 fully saturated rings. The lowest BCUT2D eigenvalue weighted by atomic mass is 9.62. The predicted octanol–water partition coefficient (Wildman–Crippen LogP) is 0.984. The Hall–Kier alpha value is -1.32. The summed E-state index contributed by atoms with van der Waals surface area (Å²) < 4.78 is 0. The van der Waals surface area contributed by atoms with Gasteiger partial charge in [0.25, 0.3) is 0 Å². The highest BCUT2D eigenvalue weighted by atomic mass is 16.4. The van der Waals surface area contributed by atoms with Crippen molar-refractivity contribution >= 4 is 11.9 Å². The Balaban J connectivity index is 2.33. The maximum Gasteiger partial charge on any atom is 0.307 e. The van der Waals surface area contributed by atoms with Crippen LogP contribution in [0.1, 0.15) is 12.8 Å². The monoisotopic (exact) mass is 196 g/mol. The van der Waals surface area contributed by atoms with Gasteiger partial charge in [0.15, 0.2) is 0 Å². The van der Waals surface area contributed by atoms with Crippen LogP contribution in [-0.4, -0.2) is 22.2 Å². The van der Waals surface area contributed by atoms with Crippen molar-refractivity contribution in [2.45, 2.75) is 12.8 Å². The van der Waals surface area contributed by atoms with Crippen molar-refractivity contribution < 1.29 is 19.8 Å². The third-order valence-corrected chi connectivity index (χ3v) is 3.32. The highest BCUT2D eigenvalue weighted by Crippen LogP contribution is 2.44. The zero-order valence-electron chi connectivity index (χ0n) is 7.59. The third-order valence-electron chi connectivity index (χ3n) is 3.32. The predicted molar refractivity (Wildman–Crippen MR) is 47.6 cm³/mol. The standard InChI is InChI=1S/C10H12O4/c11-9(12)7-5-1-2-6(4-3-5)8(7)10(13)14/h1-2,5-8H,3-4H2,(H,11,12)(H,13,14)/t5-,6-,7-,8+/m0/s1. The van der Waals surface area contributed by atoms with E-state index in [0.29, 0.717) is 0 Å². The fourth-order valence-corrected chi connectivity index (χ4v) is 2.67. The Labute approximate surface area is 81.2 Å². The number of aliphatic carboxylic acids is 2. The average molecular weight is 196 g/mol. The maximum absolute atomic E-state index is 11.0. The number of fused-ring (bicyclic) bond motifs is 2. The summed E-state index contributed by atoms with van der Waals surface area (Å²) in [5, 5.41) is 18.0. The zero-order valence-corrected chi connectivity index (χ0v) is 7.59. The topological polar surface area (TPSA) is 74.6 Å². The molecule has 3 rings (SSSR count). The molecule has 0 saturated heterocycles.